The number of nitrogens with one attached hydrogen (secondary N) is 1. The first-order valence-corrected chi connectivity index (χ1v) is 7.55. The fraction of sp³-hybridized carbons (Fsp3) is 0.222. The lowest BCUT2D eigenvalue weighted by atomic mass is 10.2. The summed E-state index contributed by atoms with van der Waals surface area (Å²) < 4.78 is 16.1. The molecule has 2 heterocycles. The number of fused-ring (bicyclic) bond motifs is 1. The highest BCUT2D eigenvalue weighted by Crippen LogP contribution is 2.27. The zero-order chi connectivity index (χ0) is 16.9. The van der Waals surface area contributed by atoms with Crippen LogP contribution in [-0.2, 0) is 4.79 Å². The lowest BCUT2D eigenvalue weighted by Gasteiger charge is -2.13. The molecular formula is C18H18N2O4. The van der Waals surface area contributed by atoms with Crippen molar-refractivity contribution in [1.29, 1.82) is 0 Å². The summed E-state index contributed by atoms with van der Waals surface area (Å²) in [5, 5.41) is 3.65. The molecule has 0 aliphatic carbocycles. The molecule has 1 aromatic carbocycles. The summed E-state index contributed by atoms with van der Waals surface area (Å²) in [6.07, 6.45) is 3.21. The Labute approximate surface area is 139 Å². The first-order valence-electron chi connectivity index (χ1n) is 7.55. The van der Waals surface area contributed by atoms with E-state index in [9.17, 15) is 4.79 Å². The third-order valence-corrected chi connectivity index (χ3v) is 3.62. The summed E-state index contributed by atoms with van der Waals surface area (Å²) in [5.74, 6) is 1.79. The van der Waals surface area contributed by atoms with Crippen LogP contribution in [0.1, 0.15) is 18.7 Å². The largest absolute Gasteiger partial charge is 0.497 e. The van der Waals surface area contributed by atoms with Crippen LogP contribution >= 0.6 is 0 Å². The van der Waals surface area contributed by atoms with Crippen molar-refractivity contribution in [2.24, 2.45) is 0 Å². The molecule has 6 heteroatoms. The van der Waals surface area contributed by atoms with Crippen LogP contribution in [0.15, 0.2) is 53.3 Å². The zero-order valence-corrected chi connectivity index (χ0v) is 13.5. The topological polar surface area (TPSA) is 73.6 Å². The molecule has 2 aromatic heterocycles. The molecule has 1 N–H and O–H groups in total. The first kappa shape index (κ1) is 15.9. The number of benzene rings is 1. The molecule has 0 saturated carbocycles. The summed E-state index contributed by atoms with van der Waals surface area (Å²) in [5.41, 5.74) is 0.746. The molecule has 0 radical (unpaired) electrons. The predicted molar refractivity (Wildman–Crippen MR) is 89.1 cm³/mol. The average Bonchev–Trinajstić information content (AvgIpc) is 3.14. The van der Waals surface area contributed by atoms with Crippen molar-refractivity contribution in [1.82, 2.24) is 10.3 Å². The molecule has 0 fully saturated rings. The minimum absolute atomic E-state index is 0.0871. The number of methoxy groups -OCH3 is 1. The number of carbonyl (C=O) groups excluding carboxylic acids is 1. The second-order valence-electron chi connectivity index (χ2n) is 5.29. The maximum Gasteiger partial charge on any atom is 0.258 e. The number of carbonyl (C=O) groups is 1. The van der Waals surface area contributed by atoms with E-state index in [1.54, 1.807) is 31.7 Å². The Balaban J connectivity index is 1.66. The Morgan fingerprint density at radius 3 is 2.96 bits per heavy atom. The maximum atomic E-state index is 12.0. The lowest BCUT2D eigenvalue weighted by Crippen LogP contribution is -2.31. The quantitative estimate of drug-likeness (QED) is 0.753. The Bertz CT molecular complexity index is 830. The molecule has 6 nitrogen and oxygen atoms in total. The molecular weight excluding hydrogens is 308 g/mol. The van der Waals surface area contributed by atoms with Gasteiger partial charge in [0.2, 0.25) is 0 Å². The molecule has 1 amide bonds. The maximum absolute atomic E-state index is 12.0. The molecule has 0 saturated heterocycles. The molecule has 0 aliphatic rings. The number of hydrogen-bond acceptors (Lipinski definition) is 5. The van der Waals surface area contributed by atoms with Gasteiger partial charge in [-0.05, 0) is 37.3 Å². The van der Waals surface area contributed by atoms with Crippen molar-refractivity contribution >= 4 is 16.8 Å². The van der Waals surface area contributed by atoms with Gasteiger partial charge in [0.1, 0.15) is 17.3 Å². The summed E-state index contributed by atoms with van der Waals surface area (Å²) in [6, 6.07) is 10.6. The van der Waals surface area contributed by atoms with E-state index < -0.39 is 0 Å². The van der Waals surface area contributed by atoms with E-state index in [1.807, 2.05) is 31.2 Å². The molecule has 0 unspecified atom stereocenters. The minimum Gasteiger partial charge on any atom is -0.497 e. The number of pyridine rings is 1. The van der Waals surface area contributed by atoms with E-state index in [-0.39, 0.29) is 18.6 Å². The SMILES string of the molecule is COc1ccc2c(OCC(=O)N[C@H](C)c3ccco3)ccnc2c1. The highest BCUT2D eigenvalue weighted by Gasteiger charge is 2.13. The Hall–Kier alpha value is -3.02. The monoisotopic (exact) mass is 326 g/mol. The first-order chi connectivity index (χ1) is 11.7. The van der Waals surface area contributed by atoms with Crippen molar-refractivity contribution in [2.75, 3.05) is 13.7 Å². The van der Waals surface area contributed by atoms with Gasteiger partial charge >= 0.3 is 0 Å². The molecule has 0 aliphatic heterocycles. The molecule has 3 aromatic rings. The van der Waals surface area contributed by atoms with Gasteiger partial charge in [0.25, 0.3) is 5.91 Å². The van der Waals surface area contributed by atoms with Gasteiger partial charge in [-0.25, -0.2) is 0 Å². The van der Waals surface area contributed by atoms with Gasteiger partial charge in [-0.2, -0.15) is 0 Å². The van der Waals surface area contributed by atoms with Crippen molar-refractivity contribution in [3.05, 3.63) is 54.6 Å². The highest BCUT2D eigenvalue weighted by atomic mass is 16.5. The standard InChI is InChI=1S/C18H18N2O4/c1-12(16-4-3-9-23-16)20-18(21)11-24-17-7-8-19-15-10-13(22-2)5-6-14(15)17/h3-10,12H,11H2,1-2H3,(H,20,21)/t12-/m1/s1. The smallest absolute Gasteiger partial charge is 0.258 e. The fourth-order valence-corrected chi connectivity index (χ4v) is 2.39. The van der Waals surface area contributed by atoms with Gasteiger partial charge in [0.05, 0.1) is 24.9 Å². The number of furan rings is 1. The van der Waals surface area contributed by atoms with Crippen LogP contribution in [0.4, 0.5) is 0 Å². The van der Waals surface area contributed by atoms with Crippen LogP contribution in [0.25, 0.3) is 10.9 Å². The van der Waals surface area contributed by atoms with Crippen LogP contribution in [0.5, 0.6) is 11.5 Å². The van der Waals surface area contributed by atoms with Crippen molar-refractivity contribution in [2.45, 2.75) is 13.0 Å². The van der Waals surface area contributed by atoms with Gasteiger partial charge < -0.3 is 19.2 Å². The fourth-order valence-electron chi connectivity index (χ4n) is 2.39. The molecule has 0 spiro atoms. The summed E-state index contributed by atoms with van der Waals surface area (Å²) in [6.45, 7) is 1.76. The summed E-state index contributed by atoms with van der Waals surface area (Å²) in [7, 11) is 1.60. The van der Waals surface area contributed by atoms with Gasteiger partial charge in [-0.1, -0.05) is 0 Å². The summed E-state index contributed by atoms with van der Waals surface area (Å²) >= 11 is 0. The Morgan fingerprint density at radius 2 is 2.21 bits per heavy atom. The molecule has 24 heavy (non-hydrogen) atoms. The Kier molecular flexibility index (Phi) is 4.65. The minimum atomic E-state index is -0.225. The van der Waals surface area contributed by atoms with Crippen molar-refractivity contribution in [3.8, 4) is 11.5 Å². The molecule has 1 atom stereocenters. The van der Waals surface area contributed by atoms with E-state index in [4.69, 9.17) is 13.9 Å². The number of rotatable bonds is 6. The highest BCUT2D eigenvalue weighted by molar-refractivity contribution is 5.86. The summed E-state index contributed by atoms with van der Waals surface area (Å²) in [4.78, 5) is 16.3. The van der Waals surface area contributed by atoms with Crippen molar-refractivity contribution in [3.63, 3.8) is 0 Å². The van der Waals surface area contributed by atoms with Gasteiger partial charge in [-0.3, -0.25) is 9.78 Å². The van der Waals surface area contributed by atoms with E-state index in [0.29, 0.717) is 11.5 Å². The van der Waals surface area contributed by atoms with E-state index in [0.717, 1.165) is 16.7 Å². The van der Waals surface area contributed by atoms with Crippen LogP contribution in [0.2, 0.25) is 0 Å². The number of aromatic nitrogens is 1. The van der Waals surface area contributed by atoms with Crippen molar-refractivity contribution < 1.29 is 18.7 Å². The number of nitrogens with zero attached hydrogens (tertiary/aromatic N) is 1. The number of amides is 1. The van der Waals surface area contributed by atoms with Gasteiger partial charge in [-0.15, -0.1) is 0 Å². The molecule has 0 bridgehead atoms. The van der Waals surface area contributed by atoms with Crippen LogP contribution in [-0.4, -0.2) is 24.6 Å². The average molecular weight is 326 g/mol. The zero-order valence-electron chi connectivity index (χ0n) is 13.5. The third kappa shape index (κ3) is 3.48. The van der Waals surface area contributed by atoms with Gasteiger partial charge in [0, 0.05) is 17.6 Å². The molecule has 3 rings (SSSR count). The van der Waals surface area contributed by atoms with Crippen LogP contribution < -0.4 is 14.8 Å². The van der Waals surface area contributed by atoms with Gasteiger partial charge in [0.15, 0.2) is 6.61 Å². The normalized spacial score (nSPS) is 11.9. The van der Waals surface area contributed by atoms with E-state index in [2.05, 4.69) is 10.3 Å². The Morgan fingerprint density at radius 1 is 1.33 bits per heavy atom. The predicted octanol–water partition coefficient (Wildman–Crippen LogP) is 3.09. The second-order valence-corrected chi connectivity index (χ2v) is 5.29. The van der Waals surface area contributed by atoms with Crippen LogP contribution in [0, 0.1) is 0 Å². The second kappa shape index (κ2) is 7.04. The third-order valence-electron chi connectivity index (χ3n) is 3.62. The van der Waals surface area contributed by atoms with E-state index >= 15 is 0 Å². The lowest BCUT2D eigenvalue weighted by molar-refractivity contribution is -0.123. The number of ether oxygens (including phenoxy) is 2. The number of hydrogen-bond donors (Lipinski definition) is 1. The van der Waals surface area contributed by atoms with E-state index in [1.165, 1.54) is 0 Å². The van der Waals surface area contributed by atoms with Crippen LogP contribution in [0.3, 0.4) is 0 Å². The molecule has 124 valence electrons.